The molecule has 8 heteroatoms. The molecule has 182 valence electrons. The Bertz CT molecular complexity index is 824. The summed E-state index contributed by atoms with van der Waals surface area (Å²) in [5.41, 5.74) is 1.85. The van der Waals surface area contributed by atoms with Crippen LogP contribution in [0.4, 0.5) is 13.2 Å². The Balaban J connectivity index is 1.88. The molecule has 2 aromatic rings. The van der Waals surface area contributed by atoms with Crippen LogP contribution in [0.3, 0.4) is 0 Å². The predicted octanol–water partition coefficient (Wildman–Crippen LogP) is 6.56. The summed E-state index contributed by atoms with van der Waals surface area (Å²) in [7, 11) is 0. The lowest BCUT2D eigenvalue weighted by Crippen LogP contribution is -2.37. The summed E-state index contributed by atoms with van der Waals surface area (Å²) in [4.78, 5) is 20.3. The molecule has 0 bridgehead atoms. The average Bonchev–Trinajstić information content (AvgIpc) is 2.81. The molecule has 0 saturated carbocycles. The molecule has 1 aromatic carbocycles. The predicted molar refractivity (Wildman–Crippen MR) is 121 cm³/mol. The van der Waals surface area contributed by atoms with Crippen LogP contribution in [-0.2, 0) is 15.9 Å². The number of esters is 1. The van der Waals surface area contributed by atoms with E-state index in [2.05, 4.69) is 21.6 Å². The highest BCUT2D eigenvalue weighted by molar-refractivity contribution is 5.89. The highest BCUT2D eigenvalue weighted by atomic mass is 19.4. The van der Waals surface area contributed by atoms with Crippen LogP contribution in [0.25, 0.3) is 11.4 Å². The normalized spacial score (nSPS) is 12.5. The third-order valence-electron chi connectivity index (χ3n) is 5.26. The molecule has 0 amide bonds. The fraction of sp³-hybridized carbons (Fsp3) is 0.560. The number of benzene rings is 1. The monoisotopic (exact) mass is 466 g/mol. The lowest BCUT2D eigenvalue weighted by Gasteiger charge is -2.20. The SMILES string of the molecule is CCCCCCCCCc1ccc(-c2ncc(C(=O)OC(COCC)C(F)(F)F)cn2)cc1. The van der Waals surface area contributed by atoms with Crippen molar-refractivity contribution in [2.45, 2.75) is 77.5 Å². The van der Waals surface area contributed by atoms with Gasteiger partial charge in [-0.25, -0.2) is 14.8 Å². The number of alkyl halides is 3. The first-order chi connectivity index (χ1) is 15.8. The maximum Gasteiger partial charge on any atom is 0.427 e. The number of hydrogen-bond acceptors (Lipinski definition) is 5. The minimum atomic E-state index is -4.72. The summed E-state index contributed by atoms with van der Waals surface area (Å²) in [6.45, 7) is 3.11. The van der Waals surface area contributed by atoms with Gasteiger partial charge < -0.3 is 9.47 Å². The zero-order chi connectivity index (χ0) is 24.1. The number of rotatable bonds is 14. The number of aryl methyl sites for hydroxylation is 1. The van der Waals surface area contributed by atoms with Crippen molar-refractivity contribution in [3.8, 4) is 11.4 Å². The first kappa shape index (κ1) is 26.8. The van der Waals surface area contributed by atoms with E-state index in [9.17, 15) is 18.0 Å². The number of hydrogen-bond donors (Lipinski definition) is 0. The molecule has 0 radical (unpaired) electrons. The highest BCUT2D eigenvalue weighted by Crippen LogP contribution is 2.24. The maximum atomic E-state index is 13.0. The largest absolute Gasteiger partial charge is 0.446 e. The van der Waals surface area contributed by atoms with Crippen LogP contribution in [-0.4, -0.2) is 41.4 Å². The van der Waals surface area contributed by atoms with E-state index < -0.39 is 24.9 Å². The molecule has 0 N–H and O–H groups in total. The summed E-state index contributed by atoms with van der Waals surface area (Å²) in [6, 6.07) is 7.87. The van der Waals surface area contributed by atoms with Crippen LogP contribution < -0.4 is 0 Å². The van der Waals surface area contributed by atoms with Gasteiger partial charge >= 0.3 is 12.1 Å². The summed E-state index contributed by atoms with van der Waals surface area (Å²) in [5, 5.41) is 0. The molecular weight excluding hydrogens is 433 g/mol. The Morgan fingerprint density at radius 3 is 2.12 bits per heavy atom. The molecule has 0 fully saturated rings. The molecule has 1 atom stereocenters. The fourth-order valence-electron chi connectivity index (χ4n) is 3.31. The van der Waals surface area contributed by atoms with E-state index in [0.29, 0.717) is 5.82 Å². The smallest absolute Gasteiger partial charge is 0.427 e. The van der Waals surface area contributed by atoms with Crippen LogP contribution in [0.5, 0.6) is 0 Å². The highest BCUT2D eigenvalue weighted by Gasteiger charge is 2.43. The van der Waals surface area contributed by atoms with E-state index in [1.807, 2.05) is 24.3 Å². The fourth-order valence-corrected chi connectivity index (χ4v) is 3.31. The van der Waals surface area contributed by atoms with Gasteiger partial charge in [-0.3, -0.25) is 0 Å². The summed E-state index contributed by atoms with van der Waals surface area (Å²) in [6.07, 6.45) is 5.15. The van der Waals surface area contributed by atoms with Gasteiger partial charge in [-0.2, -0.15) is 13.2 Å². The van der Waals surface area contributed by atoms with Crippen molar-refractivity contribution in [1.29, 1.82) is 0 Å². The van der Waals surface area contributed by atoms with Gasteiger partial charge in [0, 0.05) is 24.6 Å². The quantitative estimate of drug-likeness (QED) is 0.233. The van der Waals surface area contributed by atoms with Gasteiger partial charge in [0.15, 0.2) is 5.82 Å². The lowest BCUT2D eigenvalue weighted by atomic mass is 10.0. The molecule has 2 rings (SSSR count). The van der Waals surface area contributed by atoms with Crippen molar-refractivity contribution in [2.24, 2.45) is 0 Å². The number of halogens is 3. The summed E-state index contributed by atoms with van der Waals surface area (Å²) >= 11 is 0. The average molecular weight is 467 g/mol. The van der Waals surface area contributed by atoms with Gasteiger partial charge in [-0.1, -0.05) is 69.7 Å². The summed E-state index contributed by atoms with van der Waals surface area (Å²) in [5.74, 6) is -0.760. The second-order valence-corrected chi connectivity index (χ2v) is 7.96. The maximum absolute atomic E-state index is 13.0. The molecule has 0 aliphatic carbocycles. The van der Waals surface area contributed by atoms with Crippen molar-refractivity contribution in [1.82, 2.24) is 9.97 Å². The van der Waals surface area contributed by atoms with Gasteiger partial charge in [0.1, 0.15) is 0 Å². The standard InChI is InChI=1S/C25H33F3N2O3/c1-3-5-6-7-8-9-10-11-19-12-14-20(15-13-19)23-29-16-21(17-30-23)24(31)33-22(18-32-4-2)25(26,27)28/h12-17,22H,3-11,18H2,1-2H3. The second-order valence-electron chi connectivity index (χ2n) is 7.96. The third kappa shape index (κ3) is 9.50. The lowest BCUT2D eigenvalue weighted by molar-refractivity contribution is -0.217. The van der Waals surface area contributed by atoms with Crippen molar-refractivity contribution >= 4 is 5.97 Å². The summed E-state index contributed by atoms with van der Waals surface area (Å²) < 4.78 is 48.4. The van der Waals surface area contributed by atoms with Crippen molar-refractivity contribution < 1.29 is 27.4 Å². The number of nitrogens with zero attached hydrogens (tertiary/aromatic N) is 2. The molecule has 1 aromatic heterocycles. The van der Waals surface area contributed by atoms with E-state index in [4.69, 9.17) is 4.74 Å². The van der Waals surface area contributed by atoms with Gasteiger partial charge in [-0.05, 0) is 25.3 Å². The number of unbranched alkanes of at least 4 members (excludes halogenated alkanes) is 6. The number of ether oxygens (including phenoxy) is 2. The zero-order valence-electron chi connectivity index (χ0n) is 19.4. The number of carbonyl (C=O) groups excluding carboxylic acids is 1. The Morgan fingerprint density at radius 2 is 1.55 bits per heavy atom. The Kier molecular flexibility index (Phi) is 11.3. The molecule has 1 unspecified atom stereocenters. The van der Waals surface area contributed by atoms with Crippen LogP contribution in [0.1, 0.15) is 74.7 Å². The number of aromatic nitrogens is 2. The molecule has 1 heterocycles. The van der Waals surface area contributed by atoms with Gasteiger partial charge in [-0.15, -0.1) is 0 Å². The number of carbonyl (C=O) groups is 1. The van der Waals surface area contributed by atoms with Crippen molar-refractivity contribution in [3.05, 3.63) is 47.8 Å². The minimum absolute atomic E-state index is 0.0831. The van der Waals surface area contributed by atoms with Crippen LogP contribution in [0.2, 0.25) is 0 Å². The van der Waals surface area contributed by atoms with Gasteiger partial charge in [0.2, 0.25) is 6.10 Å². The molecule has 5 nitrogen and oxygen atoms in total. The van der Waals surface area contributed by atoms with Crippen LogP contribution >= 0.6 is 0 Å². The molecule has 0 aliphatic heterocycles. The topological polar surface area (TPSA) is 61.3 Å². The van der Waals surface area contributed by atoms with E-state index in [1.54, 1.807) is 6.92 Å². The van der Waals surface area contributed by atoms with Gasteiger partial charge in [0.05, 0.1) is 12.2 Å². The molecule has 0 aliphatic rings. The molecule has 33 heavy (non-hydrogen) atoms. The van der Waals surface area contributed by atoms with Crippen molar-refractivity contribution in [3.63, 3.8) is 0 Å². The van der Waals surface area contributed by atoms with Gasteiger partial charge in [0.25, 0.3) is 0 Å². The van der Waals surface area contributed by atoms with E-state index in [-0.39, 0.29) is 12.2 Å². The molecule has 0 saturated heterocycles. The first-order valence-corrected chi connectivity index (χ1v) is 11.6. The second kappa shape index (κ2) is 13.9. The van der Waals surface area contributed by atoms with E-state index >= 15 is 0 Å². The van der Waals surface area contributed by atoms with Crippen molar-refractivity contribution in [2.75, 3.05) is 13.2 Å². The molecule has 0 spiro atoms. The first-order valence-electron chi connectivity index (χ1n) is 11.6. The van der Waals surface area contributed by atoms with Crippen LogP contribution in [0, 0.1) is 0 Å². The Labute approximate surface area is 193 Å². The third-order valence-corrected chi connectivity index (χ3v) is 5.26. The van der Waals surface area contributed by atoms with E-state index in [0.717, 1.165) is 18.4 Å². The van der Waals surface area contributed by atoms with Crippen LogP contribution in [0.15, 0.2) is 36.7 Å². The molecular formula is C25H33F3N2O3. The Hall–Kier alpha value is -2.48. The van der Waals surface area contributed by atoms with E-state index in [1.165, 1.54) is 56.5 Å². The zero-order valence-corrected chi connectivity index (χ0v) is 19.4. The minimum Gasteiger partial charge on any atom is -0.446 e. The Morgan fingerprint density at radius 1 is 0.939 bits per heavy atom.